The SMILES string of the molecule is CC(C)c1noc(-c2cn(C3CCCN(C(=O)c4cccc(F)c4)C3)nn2)n1. The number of aromatic nitrogens is 5. The number of carbonyl (C=O) groups is 1. The molecule has 3 heterocycles. The van der Waals surface area contributed by atoms with E-state index in [0.717, 1.165) is 12.8 Å². The number of carbonyl (C=O) groups excluding carboxylic acids is 1. The van der Waals surface area contributed by atoms with Crippen LogP contribution in [0.3, 0.4) is 0 Å². The smallest absolute Gasteiger partial charge is 0.280 e. The van der Waals surface area contributed by atoms with Gasteiger partial charge >= 0.3 is 0 Å². The molecule has 1 aliphatic rings. The highest BCUT2D eigenvalue weighted by atomic mass is 19.1. The van der Waals surface area contributed by atoms with Gasteiger partial charge in [0.15, 0.2) is 11.5 Å². The van der Waals surface area contributed by atoms with Crippen LogP contribution in [0.2, 0.25) is 0 Å². The lowest BCUT2D eigenvalue weighted by Gasteiger charge is -2.32. The number of hydrogen-bond donors (Lipinski definition) is 0. The fraction of sp³-hybridized carbons (Fsp3) is 0.421. The largest absolute Gasteiger partial charge is 0.336 e. The van der Waals surface area contributed by atoms with E-state index < -0.39 is 5.82 Å². The maximum Gasteiger partial charge on any atom is 0.280 e. The summed E-state index contributed by atoms with van der Waals surface area (Å²) in [5, 5.41) is 12.3. The first-order chi connectivity index (χ1) is 13.5. The first kappa shape index (κ1) is 18.3. The molecule has 1 saturated heterocycles. The zero-order chi connectivity index (χ0) is 19.7. The molecular formula is C19H21FN6O2. The van der Waals surface area contributed by atoms with E-state index in [1.54, 1.807) is 27.9 Å². The third-order valence-electron chi connectivity index (χ3n) is 4.82. The Bertz CT molecular complexity index is 982. The number of rotatable bonds is 4. The van der Waals surface area contributed by atoms with E-state index in [0.29, 0.717) is 36.1 Å². The second-order valence-electron chi connectivity index (χ2n) is 7.25. The minimum absolute atomic E-state index is 0.0139. The summed E-state index contributed by atoms with van der Waals surface area (Å²) in [5.41, 5.74) is 0.861. The molecular weight excluding hydrogens is 363 g/mol. The van der Waals surface area contributed by atoms with Crippen LogP contribution in [0.1, 0.15) is 54.8 Å². The summed E-state index contributed by atoms with van der Waals surface area (Å²) in [6, 6.07) is 5.75. The minimum atomic E-state index is -0.416. The van der Waals surface area contributed by atoms with Crippen LogP contribution in [0.4, 0.5) is 4.39 Å². The maximum absolute atomic E-state index is 13.4. The molecule has 1 amide bonds. The molecule has 1 aromatic carbocycles. The number of piperidine rings is 1. The van der Waals surface area contributed by atoms with E-state index in [2.05, 4.69) is 20.5 Å². The Morgan fingerprint density at radius 2 is 2.21 bits per heavy atom. The highest BCUT2D eigenvalue weighted by Crippen LogP contribution is 2.24. The average Bonchev–Trinajstić information content (AvgIpc) is 3.37. The van der Waals surface area contributed by atoms with Gasteiger partial charge in [-0.3, -0.25) is 4.79 Å². The Morgan fingerprint density at radius 1 is 1.36 bits per heavy atom. The lowest BCUT2D eigenvalue weighted by Crippen LogP contribution is -2.40. The van der Waals surface area contributed by atoms with Crippen LogP contribution in [0.25, 0.3) is 11.6 Å². The molecule has 146 valence electrons. The topological polar surface area (TPSA) is 89.9 Å². The van der Waals surface area contributed by atoms with Crippen LogP contribution in [0.15, 0.2) is 35.0 Å². The van der Waals surface area contributed by atoms with Crippen molar-refractivity contribution < 1.29 is 13.7 Å². The molecule has 0 spiro atoms. The number of benzene rings is 1. The van der Waals surface area contributed by atoms with Crippen molar-refractivity contribution in [3.63, 3.8) is 0 Å². The Hall–Kier alpha value is -3.10. The van der Waals surface area contributed by atoms with E-state index in [1.807, 2.05) is 13.8 Å². The second-order valence-corrected chi connectivity index (χ2v) is 7.25. The van der Waals surface area contributed by atoms with Crippen molar-refractivity contribution >= 4 is 5.91 Å². The van der Waals surface area contributed by atoms with Gasteiger partial charge in [-0.1, -0.05) is 30.3 Å². The molecule has 9 heteroatoms. The van der Waals surface area contributed by atoms with Crippen LogP contribution in [0.5, 0.6) is 0 Å². The maximum atomic E-state index is 13.4. The quantitative estimate of drug-likeness (QED) is 0.687. The van der Waals surface area contributed by atoms with E-state index in [9.17, 15) is 9.18 Å². The first-order valence-electron chi connectivity index (χ1n) is 9.32. The van der Waals surface area contributed by atoms with E-state index in [1.165, 1.54) is 12.1 Å². The number of hydrogen-bond acceptors (Lipinski definition) is 6. The Kier molecular flexibility index (Phi) is 4.89. The van der Waals surface area contributed by atoms with E-state index in [-0.39, 0.29) is 17.9 Å². The lowest BCUT2D eigenvalue weighted by atomic mass is 10.0. The van der Waals surface area contributed by atoms with Crippen molar-refractivity contribution in [2.45, 2.75) is 38.6 Å². The summed E-state index contributed by atoms with van der Waals surface area (Å²) in [7, 11) is 0. The van der Waals surface area contributed by atoms with Crippen molar-refractivity contribution in [3.8, 4) is 11.6 Å². The third-order valence-corrected chi connectivity index (χ3v) is 4.82. The Labute approximate surface area is 161 Å². The van der Waals surface area contributed by atoms with Crippen LogP contribution in [-0.2, 0) is 0 Å². The fourth-order valence-electron chi connectivity index (χ4n) is 3.29. The van der Waals surface area contributed by atoms with Crippen LogP contribution in [0, 0.1) is 5.82 Å². The molecule has 3 aromatic rings. The van der Waals surface area contributed by atoms with Crippen molar-refractivity contribution in [2.75, 3.05) is 13.1 Å². The highest BCUT2D eigenvalue weighted by Gasteiger charge is 2.27. The van der Waals surface area contributed by atoms with Gasteiger partial charge in [0.2, 0.25) is 0 Å². The first-order valence-corrected chi connectivity index (χ1v) is 9.32. The molecule has 8 nitrogen and oxygen atoms in total. The van der Waals surface area contributed by atoms with Gasteiger partial charge < -0.3 is 9.42 Å². The van der Waals surface area contributed by atoms with Gasteiger partial charge in [-0.2, -0.15) is 4.98 Å². The summed E-state index contributed by atoms with van der Waals surface area (Å²) in [6.07, 6.45) is 3.47. The molecule has 0 N–H and O–H groups in total. The van der Waals surface area contributed by atoms with Crippen molar-refractivity contribution in [1.29, 1.82) is 0 Å². The van der Waals surface area contributed by atoms with Crippen LogP contribution in [-0.4, -0.2) is 49.0 Å². The molecule has 1 unspecified atom stereocenters. The predicted molar refractivity (Wildman–Crippen MR) is 98.0 cm³/mol. The number of amides is 1. The molecule has 28 heavy (non-hydrogen) atoms. The normalized spacial score (nSPS) is 17.3. The fourth-order valence-corrected chi connectivity index (χ4v) is 3.29. The molecule has 0 saturated carbocycles. The van der Waals surface area contributed by atoms with Crippen molar-refractivity contribution in [2.24, 2.45) is 0 Å². The summed E-state index contributed by atoms with van der Waals surface area (Å²) < 4.78 is 20.4. The molecule has 1 atom stereocenters. The van der Waals surface area contributed by atoms with Gasteiger partial charge in [-0.25, -0.2) is 9.07 Å². The standard InChI is InChI=1S/C19H21FN6O2/c1-12(2)17-21-18(28-23-17)16-11-26(24-22-16)15-7-4-8-25(10-15)19(27)13-5-3-6-14(20)9-13/h3,5-6,9,11-12,15H,4,7-8,10H2,1-2H3. The second kappa shape index (κ2) is 7.49. The average molecular weight is 384 g/mol. The lowest BCUT2D eigenvalue weighted by molar-refractivity contribution is 0.0671. The van der Waals surface area contributed by atoms with Crippen molar-refractivity contribution in [3.05, 3.63) is 47.7 Å². The summed E-state index contributed by atoms with van der Waals surface area (Å²) in [4.78, 5) is 18.8. The van der Waals surface area contributed by atoms with Crippen LogP contribution < -0.4 is 0 Å². The van der Waals surface area contributed by atoms with E-state index in [4.69, 9.17) is 4.52 Å². The van der Waals surface area contributed by atoms with E-state index >= 15 is 0 Å². The van der Waals surface area contributed by atoms with Gasteiger partial charge in [0.05, 0.1) is 12.2 Å². The summed E-state index contributed by atoms with van der Waals surface area (Å²) in [6.45, 7) is 5.09. The molecule has 2 aromatic heterocycles. The number of nitrogens with zero attached hydrogens (tertiary/aromatic N) is 6. The Morgan fingerprint density at radius 3 is 2.96 bits per heavy atom. The molecule has 1 fully saturated rings. The molecule has 0 radical (unpaired) electrons. The van der Waals surface area contributed by atoms with Gasteiger partial charge in [-0.05, 0) is 31.0 Å². The minimum Gasteiger partial charge on any atom is -0.336 e. The van der Waals surface area contributed by atoms with Gasteiger partial charge in [0.1, 0.15) is 5.82 Å². The molecule has 0 aliphatic carbocycles. The monoisotopic (exact) mass is 384 g/mol. The summed E-state index contributed by atoms with van der Waals surface area (Å²) >= 11 is 0. The molecule has 0 bridgehead atoms. The Balaban J connectivity index is 1.49. The molecule has 4 rings (SSSR count). The van der Waals surface area contributed by atoms with Gasteiger partial charge in [-0.15, -0.1) is 5.10 Å². The summed E-state index contributed by atoms with van der Waals surface area (Å²) in [5.74, 6) is 0.518. The number of likely N-dealkylation sites (tertiary alicyclic amines) is 1. The zero-order valence-electron chi connectivity index (χ0n) is 15.7. The van der Waals surface area contributed by atoms with Crippen molar-refractivity contribution in [1.82, 2.24) is 30.0 Å². The van der Waals surface area contributed by atoms with Gasteiger partial charge in [0, 0.05) is 24.6 Å². The van der Waals surface area contributed by atoms with Crippen LogP contribution >= 0.6 is 0 Å². The molecule has 1 aliphatic heterocycles. The van der Waals surface area contributed by atoms with Gasteiger partial charge in [0.25, 0.3) is 11.8 Å². The number of halogens is 1. The predicted octanol–water partition coefficient (Wildman–Crippen LogP) is 3.07. The third kappa shape index (κ3) is 3.64. The zero-order valence-corrected chi connectivity index (χ0v) is 15.7. The highest BCUT2D eigenvalue weighted by molar-refractivity contribution is 5.94.